The first-order valence-corrected chi connectivity index (χ1v) is 6.69. The summed E-state index contributed by atoms with van der Waals surface area (Å²) < 4.78 is 0. The Morgan fingerprint density at radius 1 is 1.20 bits per heavy atom. The lowest BCUT2D eigenvalue weighted by Crippen LogP contribution is -2.33. The Morgan fingerprint density at radius 3 is 2.27 bits per heavy atom. The van der Waals surface area contributed by atoms with Gasteiger partial charge in [0.05, 0.1) is 0 Å². The summed E-state index contributed by atoms with van der Waals surface area (Å²) in [5.41, 5.74) is 6.21. The van der Waals surface area contributed by atoms with Gasteiger partial charge in [-0.05, 0) is 36.8 Å². The first-order valence-electron chi connectivity index (χ1n) is 5.87. The van der Waals surface area contributed by atoms with Gasteiger partial charge in [-0.25, -0.2) is 0 Å². The van der Waals surface area contributed by atoms with Crippen molar-refractivity contribution in [3.63, 3.8) is 0 Å². The van der Waals surface area contributed by atoms with E-state index in [9.17, 15) is 0 Å². The van der Waals surface area contributed by atoms with Crippen LogP contribution in [-0.4, -0.2) is 6.04 Å². The van der Waals surface area contributed by atoms with E-state index in [2.05, 4.69) is 39.8 Å². The Labute approximate surface area is 97.7 Å². The third kappa shape index (κ3) is 3.62. The molecule has 0 saturated carbocycles. The van der Waals surface area contributed by atoms with Crippen LogP contribution in [0, 0.1) is 11.8 Å². The molecule has 1 aromatic rings. The minimum atomic E-state index is 0.299. The van der Waals surface area contributed by atoms with E-state index >= 15 is 0 Å². The topological polar surface area (TPSA) is 26.0 Å². The Kier molecular flexibility index (Phi) is 4.81. The van der Waals surface area contributed by atoms with Crippen LogP contribution in [0.4, 0.5) is 0 Å². The van der Waals surface area contributed by atoms with Crippen molar-refractivity contribution in [3.05, 3.63) is 21.9 Å². The highest BCUT2D eigenvalue weighted by atomic mass is 32.1. The second-order valence-corrected chi connectivity index (χ2v) is 5.95. The van der Waals surface area contributed by atoms with Crippen molar-refractivity contribution in [2.24, 2.45) is 17.6 Å². The quantitative estimate of drug-likeness (QED) is 0.816. The molecular weight excluding hydrogens is 202 g/mol. The standard InChI is InChI=1S/C13H23NS/c1-5-11-6-7-12(15-11)8-13(14)10(4)9(2)3/h6-7,9-10,13H,5,8,14H2,1-4H3. The van der Waals surface area contributed by atoms with Crippen molar-refractivity contribution >= 4 is 11.3 Å². The summed E-state index contributed by atoms with van der Waals surface area (Å²) in [6.07, 6.45) is 2.17. The van der Waals surface area contributed by atoms with E-state index < -0.39 is 0 Å². The van der Waals surface area contributed by atoms with Crippen LogP contribution >= 0.6 is 11.3 Å². The van der Waals surface area contributed by atoms with E-state index in [0.717, 1.165) is 12.8 Å². The molecule has 0 amide bonds. The van der Waals surface area contributed by atoms with Gasteiger partial charge in [-0.2, -0.15) is 0 Å². The molecule has 0 aliphatic heterocycles. The van der Waals surface area contributed by atoms with Gasteiger partial charge in [0.15, 0.2) is 0 Å². The monoisotopic (exact) mass is 225 g/mol. The molecule has 0 aliphatic carbocycles. The number of rotatable bonds is 5. The number of thiophene rings is 1. The second-order valence-electron chi connectivity index (χ2n) is 4.69. The lowest BCUT2D eigenvalue weighted by molar-refractivity contribution is 0.345. The molecule has 0 aromatic carbocycles. The van der Waals surface area contributed by atoms with E-state index in [1.54, 1.807) is 0 Å². The highest BCUT2D eigenvalue weighted by Gasteiger charge is 2.17. The van der Waals surface area contributed by atoms with Crippen molar-refractivity contribution in [1.29, 1.82) is 0 Å². The molecule has 1 aromatic heterocycles. The summed E-state index contributed by atoms with van der Waals surface area (Å²) in [6, 6.07) is 4.76. The molecule has 0 fully saturated rings. The van der Waals surface area contributed by atoms with Gasteiger partial charge < -0.3 is 5.73 Å². The maximum atomic E-state index is 6.21. The largest absolute Gasteiger partial charge is 0.327 e. The lowest BCUT2D eigenvalue weighted by atomic mass is 9.89. The molecule has 1 heterocycles. The first kappa shape index (κ1) is 12.7. The number of aryl methyl sites for hydroxylation is 1. The Bertz CT molecular complexity index is 290. The fourth-order valence-corrected chi connectivity index (χ4v) is 2.66. The fraction of sp³-hybridized carbons (Fsp3) is 0.692. The lowest BCUT2D eigenvalue weighted by Gasteiger charge is -2.22. The van der Waals surface area contributed by atoms with Crippen molar-refractivity contribution in [2.75, 3.05) is 0 Å². The van der Waals surface area contributed by atoms with Crippen LogP contribution in [0.3, 0.4) is 0 Å². The molecule has 86 valence electrons. The maximum Gasteiger partial charge on any atom is 0.0115 e. The predicted octanol–water partition coefficient (Wildman–Crippen LogP) is 3.47. The van der Waals surface area contributed by atoms with E-state index in [1.807, 2.05) is 11.3 Å². The molecule has 2 unspecified atom stereocenters. The summed E-state index contributed by atoms with van der Waals surface area (Å²) >= 11 is 1.91. The van der Waals surface area contributed by atoms with Gasteiger partial charge in [0.25, 0.3) is 0 Å². The third-order valence-electron chi connectivity index (χ3n) is 3.23. The van der Waals surface area contributed by atoms with Crippen molar-refractivity contribution < 1.29 is 0 Å². The highest BCUT2D eigenvalue weighted by molar-refractivity contribution is 7.11. The normalized spacial score (nSPS) is 15.6. The van der Waals surface area contributed by atoms with E-state index in [0.29, 0.717) is 17.9 Å². The molecule has 2 N–H and O–H groups in total. The smallest absolute Gasteiger partial charge is 0.0115 e. The van der Waals surface area contributed by atoms with Crippen LogP contribution in [0.1, 0.15) is 37.4 Å². The predicted molar refractivity (Wildman–Crippen MR) is 69.4 cm³/mol. The zero-order valence-electron chi connectivity index (χ0n) is 10.3. The summed E-state index contributed by atoms with van der Waals surface area (Å²) in [7, 11) is 0. The summed E-state index contributed by atoms with van der Waals surface area (Å²) in [5, 5.41) is 0. The van der Waals surface area contributed by atoms with Gasteiger partial charge in [-0.3, -0.25) is 0 Å². The van der Waals surface area contributed by atoms with Gasteiger partial charge >= 0.3 is 0 Å². The molecule has 2 atom stereocenters. The first-order chi connectivity index (χ1) is 7.04. The van der Waals surface area contributed by atoms with E-state index in [-0.39, 0.29) is 0 Å². The van der Waals surface area contributed by atoms with E-state index in [1.165, 1.54) is 9.75 Å². The van der Waals surface area contributed by atoms with Crippen LogP contribution in [0.2, 0.25) is 0 Å². The molecular formula is C13H23NS. The van der Waals surface area contributed by atoms with Crippen molar-refractivity contribution in [3.8, 4) is 0 Å². The van der Waals surface area contributed by atoms with Gasteiger partial charge in [-0.1, -0.05) is 27.7 Å². The summed E-state index contributed by atoms with van der Waals surface area (Å²) in [4.78, 5) is 2.90. The number of hydrogen-bond acceptors (Lipinski definition) is 2. The third-order valence-corrected chi connectivity index (χ3v) is 4.48. The van der Waals surface area contributed by atoms with Crippen molar-refractivity contribution in [1.82, 2.24) is 0 Å². The molecule has 0 radical (unpaired) electrons. The van der Waals surface area contributed by atoms with Gasteiger partial charge in [0, 0.05) is 15.8 Å². The van der Waals surface area contributed by atoms with Crippen molar-refractivity contribution in [2.45, 2.75) is 46.6 Å². The molecule has 1 nitrogen and oxygen atoms in total. The molecule has 2 heteroatoms. The Hall–Kier alpha value is -0.340. The molecule has 15 heavy (non-hydrogen) atoms. The molecule has 0 bridgehead atoms. The zero-order chi connectivity index (χ0) is 11.4. The van der Waals surface area contributed by atoms with Crippen LogP contribution in [0.25, 0.3) is 0 Å². The Morgan fingerprint density at radius 2 is 1.80 bits per heavy atom. The molecule has 0 aliphatic rings. The van der Waals surface area contributed by atoms with Gasteiger partial charge in [0.2, 0.25) is 0 Å². The van der Waals surface area contributed by atoms with Crippen LogP contribution in [0.5, 0.6) is 0 Å². The van der Waals surface area contributed by atoms with Crippen LogP contribution < -0.4 is 5.73 Å². The van der Waals surface area contributed by atoms with Gasteiger partial charge in [-0.15, -0.1) is 11.3 Å². The average molecular weight is 225 g/mol. The zero-order valence-corrected chi connectivity index (χ0v) is 11.1. The summed E-state index contributed by atoms with van der Waals surface area (Å²) in [6.45, 7) is 8.95. The van der Waals surface area contributed by atoms with Crippen LogP contribution in [-0.2, 0) is 12.8 Å². The summed E-state index contributed by atoms with van der Waals surface area (Å²) in [5.74, 6) is 1.27. The molecule has 0 saturated heterocycles. The Balaban J connectivity index is 2.54. The fourth-order valence-electron chi connectivity index (χ4n) is 1.63. The highest BCUT2D eigenvalue weighted by Crippen LogP contribution is 2.22. The minimum Gasteiger partial charge on any atom is -0.327 e. The second kappa shape index (κ2) is 5.66. The molecule has 1 rings (SSSR count). The van der Waals surface area contributed by atoms with Gasteiger partial charge in [0.1, 0.15) is 0 Å². The van der Waals surface area contributed by atoms with Crippen LogP contribution in [0.15, 0.2) is 12.1 Å². The molecule has 0 spiro atoms. The average Bonchev–Trinajstić information content (AvgIpc) is 2.64. The maximum absolute atomic E-state index is 6.21. The SMILES string of the molecule is CCc1ccc(CC(N)C(C)C(C)C)s1. The number of nitrogens with two attached hydrogens (primary N) is 1. The number of hydrogen-bond donors (Lipinski definition) is 1. The van der Waals surface area contributed by atoms with E-state index in [4.69, 9.17) is 5.73 Å². The minimum absolute atomic E-state index is 0.299.